The number of methoxy groups -OCH3 is 1. The molecule has 0 aliphatic heterocycles. The third-order valence-electron chi connectivity index (χ3n) is 3.22. The van der Waals surface area contributed by atoms with Crippen LogP contribution in [0, 0.1) is 0 Å². The molecule has 0 radical (unpaired) electrons. The first-order chi connectivity index (χ1) is 12.0. The number of nitrogens with zero attached hydrogens (tertiary/aromatic N) is 1. The van der Waals surface area contributed by atoms with Crippen LogP contribution in [0.25, 0.3) is 0 Å². The molecule has 0 saturated carbocycles. The van der Waals surface area contributed by atoms with Crippen LogP contribution in [0.2, 0.25) is 5.02 Å². The molecule has 0 saturated heterocycles. The van der Waals surface area contributed by atoms with Gasteiger partial charge < -0.3 is 9.47 Å². The van der Waals surface area contributed by atoms with Crippen molar-refractivity contribution >= 4 is 29.7 Å². The number of carbonyl (C=O) groups is 2. The molecule has 0 aliphatic carbocycles. The van der Waals surface area contributed by atoms with Crippen molar-refractivity contribution in [2.45, 2.75) is 13.5 Å². The molecule has 7 heteroatoms. The van der Waals surface area contributed by atoms with Gasteiger partial charge in [0.1, 0.15) is 12.4 Å². The normalized spacial score (nSPS) is 10.5. The zero-order valence-electron chi connectivity index (χ0n) is 13.8. The van der Waals surface area contributed by atoms with E-state index in [2.05, 4.69) is 10.5 Å². The monoisotopic (exact) mass is 360 g/mol. The second kappa shape index (κ2) is 8.84. The van der Waals surface area contributed by atoms with Crippen molar-refractivity contribution in [2.75, 3.05) is 7.11 Å². The van der Waals surface area contributed by atoms with Crippen LogP contribution in [-0.2, 0) is 16.1 Å². The summed E-state index contributed by atoms with van der Waals surface area (Å²) in [6.45, 7) is 1.43. The molecule has 1 N–H and O–H groups in total. The lowest BCUT2D eigenvalue weighted by Crippen LogP contribution is -2.17. The van der Waals surface area contributed by atoms with Gasteiger partial charge in [-0.05, 0) is 48.0 Å². The van der Waals surface area contributed by atoms with E-state index in [1.807, 2.05) is 0 Å². The Bertz CT molecular complexity index is 788. The topological polar surface area (TPSA) is 77.0 Å². The van der Waals surface area contributed by atoms with Gasteiger partial charge in [-0.2, -0.15) is 5.10 Å². The average Bonchev–Trinajstić information content (AvgIpc) is 2.60. The highest BCUT2D eigenvalue weighted by Gasteiger charge is 2.06. The molecule has 2 aromatic rings. The lowest BCUT2D eigenvalue weighted by atomic mass is 10.1. The van der Waals surface area contributed by atoms with Crippen LogP contribution in [0.15, 0.2) is 47.6 Å². The highest BCUT2D eigenvalue weighted by molar-refractivity contribution is 6.30. The van der Waals surface area contributed by atoms with Gasteiger partial charge in [0, 0.05) is 23.1 Å². The molecule has 0 aliphatic rings. The largest absolute Gasteiger partial charge is 0.496 e. The van der Waals surface area contributed by atoms with Crippen molar-refractivity contribution in [1.82, 2.24) is 5.43 Å². The third kappa shape index (κ3) is 5.61. The second-order valence-corrected chi connectivity index (χ2v) is 5.49. The number of ether oxygens (including phenoxy) is 2. The number of hydrogen-bond acceptors (Lipinski definition) is 5. The average molecular weight is 361 g/mol. The van der Waals surface area contributed by atoms with Gasteiger partial charge >= 0.3 is 5.97 Å². The predicted molar refractivity (Wildman–Crippen MR) is 95.0 cm³/mol. The summed E-state index contributed by atoms with van der Waals surface area (Å²) in [6.07, 6.45) is 1.49. The lowest BCUT2D eigenvalue weighted by molar-refractivity contribution is -0.142. The Kier molecular flexibility index (Phi) is 6.54. The van der Waals surface area contributed by atoms with Crippen LogP contribution in [0.5, 0.6) is 5.75 Å². The van der Waals surface area contributed by atoms with Crippen molar-refractivity contribution < 1.29 is 19.1 Å². The van der Waals surface area contributed by atoms with Gasteiger partial charge in [0.25, 0.3) is 5.91 Å². The van der Waals surface area contributed by atoms with Gasteiger partial charge in [-0.25, -0.2) is 5.43 Å². The summed E-state index contributed by atoms with van der Waals surface area (Å²) in [5.74, 6) is -0.124. The van der Waals surface area contributed by atoms with Crippen LogP contribution >= 0.6 is 11.6 Å². The highest BCUT2D eigenvalue weighted by Crippen LogP contribution is 2.20. The van der Waals surface area contributed by atoms with E-state index in [1.165, 1.54) is 20.2 Å². The lowest BCUT2D eigenvalue weighted by Gasteiger charge is -2.09. The fourth-order valence-electron chi connectivity index (χ4n) is 2.00. The quantitative estimate of drug-likeness (QED) is 0.487. The number of hydrogen-bond donors (Lipinski definition) is 1. The summed E-state index contributed by atoms with van der Waals surface area (Å²) in [7, 11) is 1.53. The number of benzene rings is 2. The molecule has 0 spiro atoms. The van der Waals surface area contributed by atoms with E-state index in [0.29, 0.717) is 21.9 Å². The van der Waals surface area contributed by atoms with Gasteiger partial charge in [0.05, 0.1) is 13.3 Å². The van der Waals surface area contributed by atoms with E-state index < -0.39 is 0 Å². The Morgan fingerprint density at radius 3 is 2.56 bits per heavy atom. The van der Waals surface area contributed by atoms with Gasteiger partial charge in [-0.1, -0.05) is 11.6 Å². The first-order valence-electron chi connectivity index (χ1n) is 7.39. The summed E-state index contributed by atoms with van der Waals surface area (Å²) < 4.78 is 10.2. The van der Waals surface area contributed by atoms with Crippen molar-refractivity contribution in [3.8, 4) is 5.75 Å². The second-order valence-electron chi connectivity index (χ2n) is 5.06. The maximum atomic E-state index is 11.9. The zero-order valence-corrected chi connectivity index (χ0v) is 14.5. The molecule has 2 rings (SSSR count). The fourth-order valence-corrected chi connectivity index (χ4v) is 2.13. The van der Waals surface area contributed by atoms with E-state index in [0.717, 1.165) is 5.56 Å². The maximum absolute atomic E-state index is 11.9. The van der Waals surface area contributed by atoms with Crippen molar-refractivity contribution in [3.05, 3.63) is 64.2 Å². The van der Waals surface area contributed by atoms with Gasteiger partial charge in [-0.15, -0.1) is 0 Å². The van der Waals surface area contributed by atoms with E-state index >= 15 is 0 Å². The molecule has 2 aromatic carbocycles. The number of amides is 1. The molecule has 0 bridgehead atoms. The standard InChI is InChI=1S/C18H17ClN2O4/c1-12(22)25-11-15-9-13(3-8-17(15)24-2)10-20-21-18(23)14-4-6-16(19)7-5-14/h3-10H,11H2,1-2H3,(H,21,23). The maximum Gasteiger partial charge on any atom is 0.302 e. The summed E-state index contributed by atoms with van der Waals surface area (Å²) in [6, 6.07) is 11.8. The molecule has 25 heavy (non-hydrogen) atoms. The molecule has 0 unspecified atom stereocenters. The number of halogens is 1. The first kappa shape index (κ1) is 18.5. The van der Waals surface area contributed by atoms with E-state index in [1.54, 1.807) is 42.5 Å². The Morgan fingerprint density at radius 2 is 1.92 bits per heavy atom. The minimum Gasteiger partial charge on any atom is -0.496 e. The van der Waals surface area contributed by atoms with Crippen LogP contribution in [0.1, 0.15) is 28.4 Å². The molecule has 6 nitrogen and oxygen atoms in total. The van der Waals surface area contributed by atoms with Crippen molar-refractivity contribution in [2.24, 2.45) is 5.10 Å². The van der Waals surface area contributed by atoms with Gasteiger partial charge in [0.15, 0.2) is 0 Å². The van der Waals surface area contributed by atoms with Crippen LogP contribution < -0.4 is 10.2 Å². The molecule has 0 aromatic heterocycles. The summed E-state index contributed by atoms with van der Waals surface area (Å²) in [5.41, 5.74) is 4.31. The molecule has 0 atom stereocenters. The number of nitrogens with one attached hydrogen (secondary N) is 1. The van der Waals surface area contributed by atoms with Crippen LogP contribution in [0.4, 0.5) is 0 Å². The minimum absolute atomic E-state index is 0.0946. The Morgan fingerprint density at radius 1 is 1.20 bits per heavy atom. The molecule has 0 heterocycles. The SMILES string of the molecule is COc1ccc(C=NNC(=O)c2ccc(Cl)cc2)cc1COC(C)=O. The van der Waals surface area contributed by atoms with E-state index in [-0.39, 0.29) is 18.5 Å². The smallest absolute Gasteiger partial charge is 0.302 e. The number of hydrazone groups is 1. The molecule has 1 amide bonds. The summed E-state index contributed by atoms with van der Waals surface area (Å²) in [5, 5.41) is 4.48. The van der Waals surface area contributed by atoms with Gasteiger partial charge in [0.2, 0.25) is 0 Å². The van der Waals surface area contributed by atoms with E-state index in [4.69, 9.17) is 21.1 Å². The number of esters is 1. The van der Waals surface area contributed by atoms with Gasteiger partial charge in [-0.3, -0.25) is 9.59 Å². The van der Waals surface area contributed by atoms with E-state index in [9.17, 15) is 9.59 Å². The number of carbonyl (C=O) groups excluding carboxylic acids is 2. The summed E-state index contributed by atoms with van der Waals surface area (Å²) in [4.78, 5) is 22.9. The Labute approximate surface area is 150 Å². The minimum atomic E-state index is -0.378. The fraction of sp³-hybridized carbons (Fsp3) is 0.167. The summed E-state index contributed by atoms with van der Waals surface area (Å²) >= 11 is 5.78. The zero-order chi connectivity index (χ0) is 18.2. The molecular weight excluding hydrogens is 344 g/mol. The van der Waals surface area contributed by atoms with Crippen molar-refractivity contribution in [1.29, 1.82) is 0 Å². The van der Waals surface area contributed by atoms with Crippen LogP contribution in [0.3, 0.4) is 0 Å². The molecular formula is C18H17ClN2O4. The Balaban J connectivity index is 2.04. The van der Waals surface area contributed by atoms with Crippen molar-refractivity contribution in [3.63, 3.8) is 0 Å². The van der Waals surface area contributed by atoms with Crippen LogP contribution in [-0.4, -0.2) is 25.2 Å². The first-order valence-corrected chi connectivity index (χ1v) is 7.76. The number of rotatable bonds is 6. The third-order valence-corrected chi connectivity index (χ3v) is 3.47. The molecule has 0 fully saturated rings. The Hall–Kier alpha value is -2.86. The molecule has 130 valence electrons. The predicted octanol–water partition coefficient (Wildman–Crippen LogP) is 3.18. The highest BCUT2D eigenvalue weighted by atomic mass is 35.5.